The van der Waals surface area contributed by atoms with Crippen LogP contribution in [0.15, 0.2) is 18.2 Å². The maximum Gasteiger partial charge on any atom is 0.391 e. The highest BCUT2D eigenvalue weighted by molar-refractivity contribution is 5.97. The van der Waals surface area contributed by atoms with Gasteiger partial charge in [0.05, 0.1) is 12.5 Å². The highest BCUT2D eigenvalue weighted by Crippen LogP contribution is 2.37. The van der Waals surface area contributed by atoms with E-state index in [0.717, 1.165) is 0 Å². The van der Waals surface area contributed by atoms with Gasteiger partial charge in [-0.25, -0.2) is 0 Å². The number of fused-ring (bicyclic) bond motifs is 1. The zero-order chi connectivity index (χ0) is 18.7. The molecule has 6 nitrogen and oxygen atoms in total. The quantitative estimate of drug-likeness (QED) is 0.851. The maximum absolute atomic E-state index is 12.8. The van der Waals surface area contributed by atoms with Crippen molar-refractivity contribution in [2.24, 2.45) is 5.92 Å². The van der Waals surface area contributed by atoms with E-state index in [1.807, 2.05) is 0 Å². The summed E-state index contributed by atoms with van der Waals surface area (Å²) in [5.74, 6) is -1.38. The van der Waals surface area contributed by atoms with Crippen molar-refractivity contribution in [3.63, 3.8) is 0 Å². The first-order chi connectivity index (χ1) is 12.3. The van der Waals surface area contributed by atoms with Crippen LogP contribution in [0.25, 0.3) is 0 Å². The van der Waals surface area contributed by atoms with Crippen molar-refractivity contribution < 1.29 is 32.2 Å². The Labute approximate surface area is 148 Å². The van der Waals surface area contributed by atoms with Crippen molar-refractivity contribution in [2.45, 2.75) is 37.9 Å². The fourth-order valence-corrected chi connectivity index (χ4v) is 3.20. The molecule has 2 amide bonds. The summed E-state index contributed by atoms with van der Waals surface area (Å²) < 4.78 is 48.7. The van der Waals surface area contributed by atoms with E-state index in [2.05, 4.69) is 10.6 Å². The van der Waals surface area contributed by atoms with Crippen LogP contribution in [-0.2, 0) is 4.79 Å². The standard InChI is InChI=1S/C17H19F3N2O4/c18-17(19,20)11-2-1-3-12(7-11)22-15(23)8-21-16(24)10-4-5-13-14(6-10)26-9-25-13/h4-6,11-12H,1-3,7-9H2,(H,21,24)(H,22,23)/t11-,12+/m0/s1. The monoisotopic (exact) mass is 372 g/mol. The summed E-state index contributed by atoms with van der Waals surface area (Å²) in [6.07, 6.45) is -3.34. The Morgan fingerprint density at radius 3 is 2.69 bits per heavy atom. The lowest BCUT2D eigenvalue weighted by molar-refractivity contribution is -0.184. The van der Waals surface area contributed by atoms with Gasteiger partial charge in [-0.3, -0.25) is 9.59 Å². The van der Waals surface area contributed by atoms with Crippen LogP contribution in [0.5, 0.6) is 11.5 Å². The number of hydrogen-bond donors (Lipinski definition) is 2. The second-order valence-corrected chi connectivity index (χ2v) is 6.42. The molecule has 2 aliphatic rings. The lowest BCUT2D eigenvalue weighted by atomic mass is 9.85. The highest BCUT2D eigenvalue weighted by Gasteiger charge is 2.42. The minimum Gasteiger partial charge on any atom is -0.454 e. The van der Waals surface area contributed by atoms with Gasteiger partial charge in [0.25, 0.3) is 5.91 Å². The number of alkyl halides is 3. The van der Waals surface area contributed by atoms with Crippen LogP contribution in [0.4, 0.5) is 13.2 Å². The van der Waals surface area contributed by atoms with Crippen LogP contribution in [0.2, 0.25) is 0 Å². The molecule has 1 aromatic rings. The lowest BCUT2D eigenvalue weighted by Crippen LogP contribution is -2.45. The topological polar surface area (TPSA) is 76.7 Å². The minimum atomic E-state index is -4.24. The van der Waals surface area contributed by atoms with Gasteiger partial charge >= 0.3 is 6.18 Å². The van der Waals surface area contributed by atoms with Crippen LogP contribution in [-0.4, -0.2) is 37.4 Å². The second kappa shape index (κ2) is 7.43. The van der Waals surface area contributed by atoms with E-state index < -0.39 is 30.0 Å². The van der Waals surface area contributed by atoms with Crippen LogP contribution >= 0.6 is 0 Å². The van der Waals surface area contributed by atoms with E-state index >= 15 is 0 Å². The number of amides is 2. The molecular weight excluding hydrogens is 353 g/mol. The van der Waals surface area contributed by atoms with E-state index in [4.69, 9.17) is 9.47 Å². The number of benzene rings is 1. The normalized spacial score (nSPS) is 22.0. The Hall–Kier alpha value is -2.45. The molecule has 2 atom stereocenters. The average Bonchev–Trinajstić information content (AvgIpc) is 3.07. The first kappa shape index (κ1) is 18.3. The molecular formula is C17H19F3N2O4. The Balaban J connectivity index is 1.47. The molecule has 1 saturated carbocycles. The summed E-state index contributed by atoms with van der Waals surface area (Å²) in [4.78, 5) is 24.0. The Morgan fingerprint density at radius 1 is 1.15 bits per heavy atom. The van der Waals surface area contributed by atoms with Crippen molar-refractivity contribution in [1.82, 2.24) is 10.6 Å². The van der Waals surface area contributed by atoms with Crippen LogP contribution in [0.3, 0.4) is 0 Å². The molecule has 0 saturated heterocycles. The Morgan fingerprint density at radius 2 is 1.92 bits per heavy atom. The second-order valence-electron chi connectivity index (χ2n) is 6.42. The summed E-state index contributed by atoms with van der Waals surface area (Å²) in [7, 11) is 0. The third kappa shape index (κ3) is 4.39. The van der Waals surface area contributed by atoms with E-state index in [9.17, 15) is 22.8 Å². The van der Waals surface area contributed by atoms with Gasteiger partial charge < -0.3 is 20.1 Å². The largest absolute Gasteiger partial charge is 0.454 e. The van der Waals surface area contributed by atoms with Gasteiger partial charge in [0, 0.05) is 11.6 Å². The Kier molecular flexibility index (Phi) is 5.24. The number of ether oxygens (including phenoxy) is 2. The van der Waals surface area contributed by atoms with Crippen molar-refractivity contribution in [3.05, 3.63) is 23.8 Å². The van der Waals surface area contributed by atoms with Crippen molar-refractivity contribution >= 4 is 11.8 Å². The number of nitrogens with one attached hydrogen (secondary N) is 2. The Bertz CT molecular complexity index is 693. The highest BCUT2D eigenvalue weighted by atomic mass is 19.4. The fraction of sp³-hybridized carbons (Fsp3) is 0.529. The van der Waals surface area contributed by atoms with Gasteiger partial charge in [-0.2, -0.15) is 13.2 Å². The molecule has 0 bridgehead atoms. The van der Waals surface area contributed by atoms with Crippen LogP contribution < -0.4 is 20.1 Å². The molecule has 3 rings (SSSR count). The molecule has 26 heavy (non-hydrogen) atoms. The summed E-state index contributed by atoms with van der Waals surface area (Å²) in [6.45, 7) is -0.219. The van der Waals surface area contributed by atoms with E-state index in [1.165, 1.54) is 12.1 Å². The molecule has 1 aliphatic heterocycles. The molecule has 0 aromatic heterocycles. The van der Waals surface area contributed by atoms with E-state index in [0.29, 0.717) is 29.9 Å². The predicted molar refractivity (Wildman–Crippen MR) is 84.8 cm³/mol. The third-order valence-electron chi connectivity index (χ3n) is 4.55. The predicted octanol–water partition coefficient (Wildman–Crippen LogP) is 2.38. The molecule has 1 aromatic carbocycles. The van der Waals surface area contributed by atoms with Gasteiger partial charge in [-0.1, -0.05) is 6.42 Å². The number of carbonyl (C=O) groups excluding carboxylic acids is 2. The van der Waals surface area contributed by atoms with Crippen LogP contribution in [0.1, 0.15) is 36.0 Å². The summed E-state index contributed by atoms with van der Waals surface area (Å²) in [6, 6.07) is 4.11. The van der Waals surface area contributed by atoms with Gasteiger partial charge in [0.1, 0.15) is 0 Å². The smallest absolute Gasteiger partial charge is 0.391 e. The van der Waals surface area contributed by atoms with Crippen molar-refractivity contribution in [1.29, 1.82) is 0 Å². The summed E-state index contributed by atoms with van der Waals surface area (Å²) in [5, 5.41) is 5.02. The molecule has 1 fully saturated rings. The zero-order valence-electron chi connectivity index (χ0n) is 13.9. The summed E-state index contributed by atoms with van der Waals surface area (Å²) >= 11 is 0. The van der Waals surface area contributed by atoms with E-state index in [1.54, 1.807) is 6.07 Å². The number of hydrogen-bond acceptors (Lipinski definition) is 4. The SMILES string of the molecule is O=C(CNC(=O)c1ccc2c(c1)OCO2)N[C@@H]1CCC[C@H](C(F)(F)F)C1. The molecule has 1 aliphatic carbocycles. The molecule has 1 heterocycles. The number of halogens is 3. The first-order valence-corrected chi connectivity index (χ1v) is 8.37. The maximum atomic E-state index is 12.8. The molecule has 142 valence electrons. The van der Waals surface area contributed by atoms with Gasteiger partial charge in [0.2, 0.25) is 12.7 Å². The van der Waals surface area contributed by atoms with E-state index in [-0.39, 0.29) is 26.2 Å². The average molecular weight is 372 g/mol. The number of carbonyl (C=O) groups is 2. The van der Waals surface area contributed by atoms with Crippen molar-refractivity contribution in [2.75, 3.05) is 13.3 Å². The van der Waals surface area contributed by atoms with Crippen LogP contribution in [0, 0.1) is 5.92 Å². The molecule has 0 unspecified atom stereocenters. The molecule has 0 spiro atoms. The summed E-state index contributed by atoms with van der Waals surface area (Å²) in [5.41, 5.74) is 0.303. The number of rotatable bonds is 4. The molecule has 0 radical (unpaired) electrons. The van der Waals surface area contributed by atoms with Gasteiger partial charge in [-0.15, -0.1) is 0 Å². The third-order valence-corrected chi connectivity index (χ3v) is 4.55. The lowest BCUT2D eigenvalue weighted by Gasteiger charge is -2.31. The molecule has 2 N–H and O–H groups in total. The van der Waals surface area contributed by atoms with Gasteiger partial charge in [0.15, 0.2) is 11.5 Å². The zero-order valence-corrected chi connectivity index (χ0v) is 13.9. The fourth-order valence-electron chi connectivity index (χ4n) is 3.20. The van der Waals surface area contributed by atoms with Gasteiger partial charge in [-0.05, 0) is 37.5 Å². The first-order valence-electron chi connectivity index (χ1n) is 8.37. The molecule has 9 heteroatoms. The minimum absolute atomic E-state index is 0.0864. The van der Waals surface area contributed by atoms with Crippen molar-refractivity contribution in [3.8, 4) is 11.5 Å².